The Morgan fingerprint density at radius 1 is 1.09 bits per heavy atom. The van der Waals surface area contributed by atoms with Crippen LogP contribution in [0.2, 0.25) is 10.0 Å². The number of anilines is 2. The molecule has 3 rings (SSSR count). The van der Waals surface area contributed by atoms with Gasteiger partial charge in [-0.1, -0.05) is 53.5 Å². The van der Waals surface area contributed by atoms with Crippen LogP contribution in [-0.4, -0.2) is 34.3 Å². The second kappa shape index (κ2) is 11.3. The van der Waals surface area contributed by atoms with E-state index in [1.165, 1.54) is 11.3 Å². The predicted octanol–water partition coefficient (Wildman–Crippen LogP) is 5.75. The first kappa shape index (κ1) is 24.0. The highest BCUT2D eigenvalue weighted by Gasteiger charge is 2.20. The second-order valence-corrected chi connectivity index (χ2v) is 9.15. The SMILES string of the molecule is CC(C)NC(=O)CCN(Cc1ccccc1)C(=O)c1csc(Nc2ccc(Cl)c(Cl)c2)n1. The molecule has 9 heteroatoms. The van der Waals surface area contributed by atoms with E-state index in [9.17, 15) is 9.59 Å². The minimum Gasteiger partial charge on any atom is -0.354 e. The van der Waals surface area contributed by atoms with Crippen LogP contribution in [0.4, 0.5) is 10.8 Å². The molecule has 0 atom stereocenters. The van der Waals surface area contributed by atoms with Gasteiger partial charge in [-0.3, -0.25) is 9.59 Å². The zero-order valence-corrected chi connectivity index (χ0v) is 20.1. The summed E-state index contributed by atoms with van der Waals surface area (Å²) in [6.45, 7) is 4.49. The number of aromatic nitrogens is 1. The minimum atomic E-state index is -0.232. The molecule has 0 fully saturated rings. The average molecular weight is 491 g/mol. The van der Waals surface area contributed by atoms with E-state index in [2.05, 4.69) is 15.6 Å². The van der Waals surface area contributed by atoms with Crippen molar-refractivity contribution in [3.8, 4) is 0 Å². The fourth-order valence-corrected chi connectivity index (χ4v) is 3.98. The summed E-state index contributed by atoms with van der Waals surface area (Å²) in [5, 5.41) is 9.15. The molecule has 6 nitrogen and oxygen atoms in total. The molecule has 0 aliphatic rings. The van der Waals surface area contributed by atoms with Crippen molar-refractivity contribution in [3.63, 3.8) is 0 Å². The lowest BCUT2D eigenvalue weighted by Crippen LogP contribution is -2.36. The molecule has 1 heterocycles. The monoisotopic (exact) mass is 490 g/mol. The molecule has 0 saturated heterocycles. The topological polar surface area (TPSA) is 74.3 Å². The number of rotatable bonds is 9. The van der Waals surface area contributed by atoms with Gasteiger partial charge in [-0.15, -0.1) is 11.3 Å². The van der Waals surface area contributed by atoms with Crippen LogP contribution in [0.25, 0.3) is 0 Å². The van der Waals surface area contributed by atoms with Crippen molar-refractivity contribution < 1.29 is 9.59 Å². The molecule has 32 heavy (non-hydrogen) atoms. The molecule has 168 valence electrons. The van der Waals surface area contributed by atoms with E-state index < -0.39 is 0 Å². The van der Waals surface area contributed by atoms with Gasteiger partial charge in [0.05, 0.1) is 10.0 Å². The summed E-state index contributed by atoms with van der Waals surface area (Å²) < 4.78 is 0. The van der Waals surface area contributed by atoms with Crippen LogP contribution in [0.1, 0.15) is 36.3 Å². The molecule has 0 aliphatic heterocycles. The molecule has 2 aromatic carbocycles. The Morgan fingerprint density at radius 3 is 2.53 bits per heavy atom. The van der Waals surface area contributed by atoms with Gasteiger partial charge < -0.3 is 15.5 Å². The Hall–Kier alpha value is -2.61. The number of thiazole rings is 1. The fraction of sp³-hybridized carbons (Fsp3) is 0.261. The van der Waals surface area contributed by atoms with E-state index in [0.717, 1.165) is 11.3 Å². The van der Waals surface area contributed by atoms with Crippen molar-refractivity contribution in [1.82, 2.24) is 15.2 Å². The summed E-state index contributed by atoms with van der Waals surface area (Å²) in [5.74, 6) is -0.323. The van der Waals surface area contributed by atoms with Gasteiger partial charge in [-0.2, -0.15) is 0 Å². The molecule has 1 aromatic heterocycles. The summed E-state index contributed by atoms with van der Waals surface area (Å²) in [6, 6.07) is 14.9. The predicted molar refractivity (Wildman–Crippen MR) is 131 cm³/mol. The highest BCUT2D eigenvalue weighted by Crippen LogP contribution is 2.28. The number of amides is 2. The average Bonchev–Trinajstić information content (AvgIpc) is 3.22. The molecule has 2 N–H and O–H groups in total. The zero-order chi connectivity index (χ0) is 23.1. The van der Waals surface area contributed by atoms with E-state index in [-0.39, 0.29) is 24.3 Å². The molecule has 0 bridgehead atoms. The third-order valence-corrected chi connectivity index (χ3v) is 5.95. The van der Waals surface area contributed by atoms with Gasteiger partial charge >= 0.3 is 0 Å². The molecule has 2 amide bonds. The number of hydrogen-bond donors (Lipinski definition) is 2. The van der Waals surface area contributed by atoms with Crippen molar-refractivity contribution in [1.29, 1.82) is 0 Å². The molecule has 0 spiro atoms. The molecule has 0 radical (unpaired) electrons. The minimum absolute atomic E-state index is 0.0503. The lowest BCUT2D eigenvalue weighted by atomic mass is 10.2. The smallest absolute Gasteiger partial charge is 0.273 e. The van der Waals surface area contributed by atoms with Gasteiger partial charge in [0.15, 0.2) is 5.13 Å². The van der Waals surface area contributed by atoms with Crippen molar-refractivity contribution in [2.45, 2.75) is 32.9 Å². The molecular formula is C23H24Cl2N4O2S. The fourth-order valence-electron chi connectivity index (χ4n) is 2.98. The van der Waals surface area contributed by atoms with E-state index >= 15 is 0 Å². The standard InChI is InChI=1S/C23H24Cl2N4O2S/c1-15(2)26-21(30)10-11-29(13-16-6-4-3-5-7-16)22(31)20-14-32-23(28-20)27-17-8-9-18(24)19(25)12-17/h3-9,12,14-15H,10-11,13H2,1-2H3,(H,26,30)(H,27,28). The van der Waals surface area contributed by atoms with Gasteiger partial charge in [-0.25, -0.2) is 4.98 Å². The van der Waals surface area contributed by atoms with Crippen molar-refractivity contribution in [2.24, 2.45) is 0 Å². The largest absolute Gasteiger partial charge is 0.354 e. The van der Waals surface area contributed by atoms with Crippen molar-refractivity contribution >= 4 is 57.2 Å². The Labute approximate surface area is 201 Å². The van der Waals surface area contributed by atoms with Gasteiger partial charge in [0.25, 0.3) is 5.91 Å². The Morgan fingerprint density at radius 2 is 1.84 bits per heavy atom. The highest BCUT2D eigenvalue weighted by atomic mass is 35.5. The zero-order valence-electron chi connectivity index (χ0n) is 17.8. The summed E-state index contributed by atoms with van der Waals surface area (Å²) in [4.78, 5) is 31.4. The van der Waals surface area contributed by atoms with Gasteiger partial charge in [0, 0.05) is 36.6 Å². The van der Waals surface area contributed by atoms with Crippen LogP contribution in [0.15, 0.2) is 53.9 Å². The molecular weight excluding hydrogens is 467 g/mol. The lowest BCUT2D eigenvalue weighted by molar-refractivity contribution is -0.121. The Balaban J connectivity index is 1.73. The maximum Gasteiger partial charge on any atom is 0.273 e. The number of carbonyl (C=O) groups excluding carboxylic acids is 2. The maximum atomic E-state index is 13.2. The summed E-state index contributed by atoms with van der Waals surface area (Å²) in [7, 11) is 0. The van der Waals surface area contributed by atoms with Crippen LogP contribution in [0.3, 0.4) is 0 Å². The Bertz CT molecular complexity index is 1070. The normalized spacial score (nSPS) is 10.8. The van der Waals surface area contributed by atoms with Crippen LogP contribution < -0.4 is 10.6 Å². The van der Waals surface area contributed by atoms with Crippen molar-refractivity contribution in [3.05, 3.63) is 75.2 Å². The molecule has 3 aromatic rings. The first-order valence-electron chi connectivity index (χ1n) is 10.1. The third-order valence-electron chi connectivity index (χ3n) is 4.46. The molecule has 0 aliphatic carbocycles. The van der Waals surface area contributed by atoms with Crippen LogP contribution in [-0.2, 0) is 11.3 Å². The molecule has 0 saturated carbocycles. The van der Waals surface area contributed by atoms with Crippen molar-refractivity contribution in [2.75, 3.05) is 11.9 Å². The summed E-state index contributed by atoms with van der Waals surface area (Å²) >= 11 is 13.3. The van der Waals surface area contributed by atoms with E-state index in [0.29, 0.717) is 34.0 Å². The van der Waals surface area contributed by atoms with Gasteiger partial charge in [0.1, 0.15) is 5.69 Å². The summed E-state index contributed by atoms with van der Waals surface area (Å²) in [6.07, 6.45) is 0.218. The molecule has 0 unspecified atom stereocenters. The first-order valence-corrected chi connectivity index (χ1v) is 11.8. The number of nitrogens with one attached hydrogen (secondary N) is 2. The van der Waals surface area contributed by atoms with E-state index in [1.807, 2.05) is 44.2 Å². The van der Waals surface area contributed by atoms with Crippen LogP contribution in [0, 0.1) is 0 Å². The van der Waals surface area contributed by atoms with Crippen LogP contribution >= 0.6 is 34.5 Å². The van der Waals surface area contributed by atoms with E-state index in [1.54, 1.807) is 28.5 Å². The first-order chi connectivity index (χ1) is 15.3. The number of carbonyl (C=O) groups is 2. The number of benzene rings is 2. The summed E-state index contributed by atoms with van der Waals surface area (Å²) in [5.41, 5.74) is 2.02. The lowest BCUT2D eigenvalue weighted by Gasteiger charge is -2.22. The number of nitrogens with zero attached hydrogens (tertiary/aromatic N) is 2. The van der Waals surface area contributed by atoms with Crippen LogP contribution in [0.5, 0.6) is 0 Å². The van der Waals surface area contributed by atoms with Gasteiger partial charge in [0.2, 0.25) is 5.91 Å². The maximum absolute atomic E-state index is 13.2. The quantitative estimate of drug-likeness (QED) is 0.400. The third kappa shape index (κ3) is 6.95. The number of halogens is 2. The second-order valence-electron chi connectivity index (χ2n) is 7.48. The van der Waals surface area contributed by atoms with Gasteiger partial charge in [-0.05, 0) is 37.6 Å². The van der Waals surface area contributed by atoms with E-state index in [4.69, 9.17) is 23.2 Å². The number of hydrogen-bond acceptors (Lipinski definition) is 5. The Kier molecular flexibility index (Phi) is 8.50. The highest BCUT2D eigenvalue weighted by molar-refractivity contribution is 7.14.